The molecule has 3 aromatic rings. The second kappa shape index (κ2) is 7.62. The molecule has 5 nitrogen and oxygen atoms in total. The molecule has 0 amide bonds. The monoisotopic (exact) mass is 349 g/mol. The summed E-state index contributed by atoms with van der Waals surface area (Å²) in [6.07, 6.45) is 1.82. The second-order valence-electron chi connectivity index (χ2n) is 6.42. The maximum Gasteiger partial charge on any atom is 0.209 e. The molecule has 1 saturated heterocycles. The zero-order valence-electron chi connectivity index (χ0n) is 15.0. The van der Waals surface area contributed by atoms with Crippen molar-refractivity contribution in [3.63, 3.8) is 0 Å². The minimum Gasteiger partial charge on any atom is -0.495 e. The number of nitrogens with zero attached hydrogens (tertiary/aromatic N) is 3. The number of piperazine rings is 1. The molecule has 1 aliphatic heterocycles. The van der Waals surface area contributed by atoms with Crippen molar-refractivity contribution in [3.05, 3.63) is 66.7 Å². The van der Waals surface area contributed by atoms with Crippen LogP contribution in [0.2, 0.25) is 0 Å². The van der Waals surface area contributed by atoms with E-state index in [0.717, 1.165) is 61.4 Å². The molecule has 0 aliphatic carbocycles. The molecule has 5 heteroatoms. The second-order valence-corrected chi connectivity index (χ2v) is 6.42. The first-order valence-corrected chi connectivity index (χ1v) is 8.94. The summed E-state index contributed by atoms with van der Waals surface area (Å²) in [5.41, 5.74) is 2.23. The number of ether oxygens (including phenoxy) is 1. The van der Waals surface area contributed by atoms with Gasteiger partial charge in [0.2, 0.25) is 5.89 Å². The maximum atomic E-state index is 5.93. The lowest BCUT2D eigenvalue weighted by molar-refractivity contribution is 0.226. The Labute approximate surface area is 153 Å². The van der Waals surface area contributed by atoms with Crippen LogP contribution in [0.15, 0.2) is 65.2 Å². The highest BCUT2D eigenvalue weighted by molar-refractivity contribution is 5.58. The van der Waals surface area contributed by atoms with E-state index < -0.39 is 0 Å². The van der Waals surface area contributed by atoms with Crippen molar-refractivity contribution in [1.82, 2.24) is 9.88 Å². The van der Waals surface area contributed by atoms with Crippen LogP contribution in [0, 0.1) is 0 Å². The van der Waals surface area contributed by atoms with Crippen molar-refractivity contribution in [2.75, 3.05) is 38.2 Å². The van der Waals surface area contributed by atoms with Crippen LogP contribution in [0.5, 0.6) is 5.75 Å². The van der Waals surface area contributed by atoms with Gasteiger partial charge in [-0.3, -0.25) is 4.90 Å². The minimum atomic E-state index is 0.743. The van der Waals surface area contributed by atoms with E-state index in [0.29, 0.717) is 0 Å². The number of anilines is 1. The number of hydrogen-bond donors (Lipinski definition) is 0. The summed E-state index contributed by atoms with van der Waals surface area (Å²) in [5.74, 6) is 2.53. The molecule has 0 unspecified atom stereocenters. The number of oxazole rings is 1. The Kier molecular flexibility index (Phi) is 4.88. The zero-order chi connectivity index (χ0) is 17.8. The fraction of sp³-hybridized carbons (Fsp3) is 0.286. The smallest absolute Gasteiger partial charge is 0.209 e. The Morgan fingerprint density at radius 1 is 0.962 bits per heavy atom. The lowest BCUT2D eigenvalue weighted by Gasteiger charge is -2.36. The third-order valence-corrected chi connectivity index (χ3v) is 4.77. The molecule has 2 heterocycles. The molecule has 4 rings (SSSR count). The van der Waals surface area contributed by atoms with Gasteiger partial charge in [-0.2, -0.15) is 0 Å². The Morgan fingerprint density at radius 2 is 1.69 bits per heavy atom. The summed E-state index contributed by atoms with van der Waals surface area (Å²) in [5, 5.41) is 0. The van der Waals surface area contributed by atoms with Crippen LogP contribution < -0.4 is 9.64 Å². The summed E-state index contributed by atoms with van der Waals surface area (Å²) < 4.78 is 11.4. The Bertz CT molecular complexity index is 839. The van der Waals surface area contributed by atoms with Gasteiger partial charge in [-0.25, -0.2) is 4.98 Å². The molecule has 0 saturated carbocycles. The van der Waals surface area contributed by atoms with Crippen molar-refractivity contribution in [1.29, 1.82) is 0 Å². The Hall–Kier alpha value is -2.79. The van der Waals surface area contributed by atoms with E-state index in [-0.39, 0.29) is 0 Å². The van der Waals surface area contributed by atoms with Crippen LogP contribution in [0.4, 0.5) is 5.69 Å². The van der Waals surface area contributed by atoms with Crippen LogP contribution >= 0.6 is 0 Å². The van der Waals surface area contributed by atoms with E-state index in [4.69, 9.17) is 9.15 Å². The molecular weight excluding hydrogens is 326 g/mol. The number of aromatic nitrogens is 1. The highest BCUT2D eigenvalue weighted by Gasteiger charge is 2.21. The first kappa shape index (κ1) is 16.7. The third-order valence-electron chi connectivity index (χ3n) is 4.77. The summed E-state index contributed by atoms with van der Waals surface area (Å²) in [6, 6.07) is 18.3. The average molecular weight is 349 g/mol. The fourth-order valence-corrected chi connectivity index (χ4v) is 3.35. The lowest BCUT2D eigenvalue weighted by Crippen LogP contribution is -2.46. The summed E-state index contributed by atoms with van der Waals surface area (Å²) >= 11 is 0. The van der Waals surface area contributed by atoms with E-state index in [1.54, 1.807) is 7.11 Å². The van der Waals surface area contributed by atoms with Crippen LogP contribution in [-0.2, 0) is 6.54 Å². The van der Waals surface area contributed by atoms with E-state index in [1.165, 1.54) is 0 Å². The van der Waals surface area contributed by atoms with E-state index in [9.17, 15) is 0 Å². The lowest BCUT2D eigenvalue weighted by atomic mass is 10.2. The number of benzene rings is 2. The Balaban J connectivity index is 1.36. The van der Waals surface area contributed by atoms with Gasteiger partial charge in [0.05, 0.1) is 25.5 Å². The van der Waals surface area contributed by atoms with Crippen LogP contribution in [0.25, 0.3) is 11.3 Å². The van der Waals surface area contributed by atoms with Crippen LogP contribution in [-0.4, -0.2) is 43.2 Å². The predicted octanol–water partition coefficient (Wildman–Crippen LogP) is 3.67. The van der Waals surface area contributed by atoms with E-state index in [2.05, 4.69) is 26.9 Å². The van der Waals surface area contributed by atoms with E-state index >= 15 is 0 Å². The van der Waals surface area contributed by atoms with Gasteiger partial charge in [0.15, 0.2) is 5.76 Å². The van der Waals surface area contributed by atoms with Crippen molar-refractivity contribution >= 4 is 5.69 Å². The molecule has 0 N–H and O–H groups in total. The number of para-hydroxylation sites is 2. The SMILES string of the molecule is COc1ccccc1N1CCN(Cc2ncc(-c3ccccc3)o2)CC1. The Morgan fingerprint density at radius 3 is 2.46 bits per heavy atom. The van der Waals surface area contributed by atoms with Gasteiger partial charge in [-0.15, -0.1) is 0 Å². The first-order chi connectivity index (χ1) is 12.8. The summed E-state index contributed by atoms with van der Waals surface area (Å²) in [7, 11) is 1.72. The molecule has 1 aromatic heterocycles. The van der Waals surface area contributed by atoms with Gasteiger partial charge in [0.25, 0.3) is 0 Å². The zero-order valence-corrected chi connectivity index (χ0v) is 15.0. The molecule has 1 fully saturated rings. The maximum absolute atomic E-state index is 5.93. The van der Waals surface area contributed by atoms with Gasteiger partial charge in [-0.05, 0) is 12.1 Å². The molecule has 0 spiro atoms. The number of rotatable bonds is 5. The van der Waals surface area contributed by atoms with Crippen molar-refractivity contribution in [3.8, 4) is 17.1 Å². The quantitative estimate of drug-likeness (QED) is 0.703. The molecule has 0 radical (unpaired) electrons. The standard InChI is InChI=1S/C21H23N3O2/c1-25-19-10-6-5-9-18(19)24-13-11-23(12-14-24)16-21-22-15-20(26-21)17-7-3-2-4-8-17/h2-10,15H,11-14,16H2,1H3. The van der Waals surface area contributed by atoms with Gasteiger partial charge >= 0.3 is 0 Å². The van der Waals surface area contributed by atoms with Crippen LogP contribution in [0.1, 0.15) is 5.89 Å². The normalized spacial score (nSPS) is 15.2. The van der Waals surface area contributed by atoms with Crippen molar-refractivity contribution < 1.29 is 9.15 Å². The molecule has 26 heavy (non-hydrogen) atoms. The minimum absolute atomic E-state index is 0.743. The van der Waals surface area contributed by atoms with Crippen molar-refractivity contribution in [2.24, 2.45) is 0 Å². The van der Waals surface area contributed by atoms with Gasteiger partial charge in [0, 0.05) is 31.7 Å². The number of hydrogen-bond acceptors (Lipinski definition) is 5. The predicted molar refractivity (Wildman–Crippen MR) is 102 cm³/mol. The highest BCUT2D eigenvalue weighted by atomic mass is 16.5. The average Bonchev–Trinajstić information content (AvgIpc) is 3.18. The van der Waals surface area contributed by atoms with Crippen LogP contribution in [0.3, 0.4) is 0 Å². The molecule has 134 valence electrons. The molecule has 1 aliphatic rings. The fourth-order valence-electron chi connectivity index (χ4n) is 3.35. The van der Waals surface area contributed by atoms with Gasteiger partial charge in [0.1, 0.15) is 5.75 Å². The van der Waals surface area contributed by atoms with Crippen molar-refractivity contribution in [2.45, 2.75) is 6.54 Å². The first-order valence-electron chi connectivity index (χ1n) is 8.94. The third kappa shape index (κ3) is 3.58. The summed E-state index contributed by atoms with van der Waals surface area (Å²) in [6.45, 7) is 4.62. The molecule has 2 aromatic carbocycles. The summed E-state index contributed by atoms with van der Waals surface area (Å²) in [4.78, 5) is 9.21. The van der Waals surface area contributed by atoms with Gasteiger partial charge < -0.3 is 14.1 Å². The van der Waals surface area contributed by atoms with Gasteiger partial charge in [-0.1, -0.05) is 42.5 Å². The van der Waals surface area contributed by atoms with E-state index in [1.807, 2.05) is 48.7 Å². The number of methoxy groups -OCH3 is 1. The topological polar surface area (TPSA) is 41.7 Å². The largest absolute Gasteiger partial charge is 0.495 e. The molecule has 0 atom stereocenters. The highest BCUT2D eigenvalue weighted by Crippen LogP contribution is 2.28. The molecule has 0 bridgehead atoms. The molecular formula is C21H23N3O2.